The molecular formula is C15H14O3S. The number of carbonyl (C=O) groups is 1. The van der Waals surface area contributed by atoms with Crippen LogP contribution in [0.2, 0.25) is 0 Å². The van der Waals surface area contributed by atoms with Crippen molar-refractivity contribution < 1.29 is 15.0 Å². The number of rotatable bonds is 5. The Morgan fingerprint density at radius 3 is 2.16 bits per heavy atom. The van der Waals surface area contributed by atoms with E-state index in [2.05, 4.69) is 0 Å². The topological polar surface area (TPSA) is 57.5 Å². The Kier molecular flexibility index (Phi) is 4.60. The third-order valence-corrected chi connectivity index (χ3v) is 3.74. The molecule has 98 valence electrons. The second-order valence-corrected chi connectivity index (χ2v) is 5.15. The van der Waals surface area contributed by atoms with Crippen molar-refractivity contribution in [2.45, 2.75) is 11.0 Å². The van der Waals surface area contributed by atoms with Crippen LogP contribution in [0.3, 0.4) is 0 Å². The number of aliphatic carboxylic acids is 1. The third-order valence-electron chi connectivity index (χ3n) is 2.65. The van der Waals surface area contributed by atoms with Gasteiger partial charge in [-0.2, -0.15) is 0 Å². The number of carboxylic acids is 1. The molecule has 4 heteroatoms. The highest BCUT2D eigenvalue weighted by Gasteiger charge is 2.12. The minimum absolute atomic E-state index is 0.153. The lowest BCUT2D eigenvalue weighted by Crippen LogP contribution is -2.21. The normalized spacial score (nSPS) is 12.1. The zero-order valence-electron chi connectivity index (χ0n) is 10.2. The second kappa shape index (κ2) is 6.41. The highest BCUT2D eigenvalue weighted by Crippen LogP contribution is 2.24. The van der Waals surface area contributed by atoms with E-state index in [-0.39, 0.29) is 5.75 Å². The first-order chi connectivity index (χ1) is 9.16. The SMILES string of the molecule is O=C(O)[C@@H](O)CSc1ccc(-c2ccccc2)cc1. The summed E-state index contributed by atoms with van der Waals surface area (Å²) in [7, 11) is 0. The van der Waals surface area contributed by atoms with Crippen LogP contribution in [0, 0.1) is 0 Å². The molecular weight excluding hydrogens is 260 g/mol. The van der Waals surface area contributed by atoms with Gasteiger partial charge in [-0.25, -0.2) is 4.79 Å². The van der Waals surface area contributed by atoms with Gasteiger partial charge in [0.05, 0.1) is 0 Å². The van der Waals surface area contributed by atoms with Crippen molar-refractivity contribution in [3.8, 4) is 11.1 Å². The monoisotopic (exact) mass is 274 g/mol. The molecule has 19 heavy (non-hydrogen) atoms. The zero-order valence-corrected chi connectivity index (χ0v) is 11.0. The average Bonchev–Trinajstić information content (AvgIpc) is 2.46. The van der Waals surface area contributed by atoms with Crippen LogP contribution in [0.25, 0.3) is 11.1 Å². The maximum Gasteiger partial charge on any atom is 0.333 e. The standard InChI is InChI=1S/C15H14O3S/c16-14(15(17)18)10-19-13-8-6-12(7-9-13)11-4-2-1-3-5-11/h1-9,14,16H,10H2,(H,17,18)/t14-/m0/s1. The maximum absolute atomic E-state index is 10.5. The van der Waals surface area contributed by atoms with Crippen molar-refractivity contribution in [1.29, 1.82) is 0 Å². The smallest absolute Gasteiger partial charge is 0.333 e. The number of hydrogen-bond donors (Lipinski definition) is 2. The van der Waals surface area contributed by atoms with Crippen LogP contribution in [0.15, 0.2) is 59.5 Å². The molecule has 0 spiro atoms. The molecule has 0 heterocycles. The Bertz CT molecular complexity index is 537. The van der Waals surface area contributed by atoms with E-state index < -0.39 is 12.1 Å². The van der Waals surface area contributed by atoms with Gasteiger partial charge in [-0.05, 0) is 23.3 Å². The van der Waals surface area contributed by atoms with Gasteiger partial charge in [0.2, 0.25) is 0 Å². The Balaban J connectivity index is 2.01. The minimum atomic E-state index is -1.32. The van der Waals surface area contributed by atoms with Crippen LogP contribution in [-0.2, 0) is 4.79 Å². The lowest BCUT2D eigenvalue weighted by Gasteiger charge is -2.06. The quantitative estimate of drug-likeness (QED) is 0.823. The molecule has 0 unspecified atom stereocenters. The van der Waals surface area contributed by atoms with Crippen LogP contribution < -0.4 is 0 Å². The summed E-state index contributed by atoms with van der Waals surface area (Å²) in [6, 6.07) is 17.9. The van der Waals surface area contributed by atoms with Crippen molar-refractivity contribution in [3.63, 3.8) is 0 Å². The van der Waals surface area contributed by atoms with Gasteiger partial charge in [0.25, 0.3) is 0 Å². The van der Waals surface area contributed by atoms with Gasteiger partial charge in [0.1, 0.15) is 0 Å². The third kappa shape index (κ3) is 3.84. The lowest BCUT2D eigenvalue weighted by atomic mass is 10.1. The van der Waals surface area contributed by atoms with Crippen LogP contribution >= 0.6 is 11.8 Å². The molecule has 0 amide bonds. The largest absolute Gasteiger partial charge is 0.479 e. The van der Waals surface area contributed by atoms with Gasteiger partial charge in [-0.3, -0.25) is 0 Å². The first-order valence-corrected chi connectivity index (χ1v) is 6.84. The highest BCUT2D eigenvalue weighted by molar-refractivity contribution is 7.99. The summed E-state index contributed by atoms with van der Waals surface area (Å²) in [5.74, 6) is -1.03. The zero-order chi connectivity index (χ0) is 13.7. The lowest BCUT2D eigenvalue weighted by molar-refractivity contribution is -0.145. The summed E-state index contributed by atoms with van der Waals surface area (Å²) in [5.41, 5.74) is 2.26. The van der Waals surface area contributed by atoms with Gasteiger partial charge in [-0.15, -0.1) is 11.8 Å². The van der Waals surface area contributed by atoms with Crippen molar-refractivity contribution in [2.75, 3.05) is 5.75 Å². The molecule has 2 N–H and O–H groups in total. The fourth-order valence-electron chi connectivity index (χ4n) is 1.62. The van der Waals surface area contributed by atoms with E-state index in [0.29, 0.717) is 0 Å². The fourth-order valence-corrected chi connectivity index (χ4v) is 2.44. The number of aliphatic hydroxyl groups is 1. The van der Waals surface area contributed by atoms with E-state index in [1.165, 1.54) is 11.8 Å². The number of benzene rings is 2. The number of aliphatic hydroxyl groups excluding tert-OH is 1. The summed E-state index contributed by atoms with van der Waals surface area (Å²) < 4.78 is 0. The summed E-state index contributed by atoms with van der Waals surface area (Å²) in [6.07, 6.45) is -1.32. The molecule has 2 aromatic rings. The molecule has 0 bridgehead atoms. The Morgan fingerprint density at radius 1 is 1.00 bits per heavy atom. The molecule has 0 aliphatic rings. The molecule has 0 aliphatic carbocycles. The van der Waals surface area contributed by atoms with Crippen LogP contribution in [0.4, 0.5) is 0 Å². The molecule has 0 fully saturated rings. The van der Waals surface area contributed by atoms with E-state index in [1.54, 1.807) is 0 Å². The molecule has 0 saturated heterocycles. The summed E-state index contributed by atoms with van der Waals surface area (Å²) in [4.78, 5) is 11.4. The van der Waals surface area contributed by atoms with E-state index in [4.69, 9.17) is 5.11 Å². The fraction of sp³-hybridized carbons (Fsp3) is 0.133. The molecule has 0 aliphatic heterocycles. The van der Waals surface area contributed by atoms with E-state index in [0.717, 1.165) is 16.0 Å². The van der Waals surface area contributed by atoms with Crippen molar-refractivity contribution in [3.05, 3.63) is 54.6 Å². The molecule has 2 aromatic carbocycles. The number of hydrogen-bond acceptors (Lipinski definition) is 3. The van der Waals surface area contributed by atoms with Gasteiger partial charge in [0, 0.05) is 10.6 Å². The molecule has 2 rings (SSSR count). The minimum Gasteiger partial charge on any atom is -0.479 e. The molecule has 3 nitrogen and oxygen atoms in total. The van der Waals surface area contributed by atoms with Gasteiger partial charge in [-0.1, -0.05) is 42.5 Å². The molecule has 0 radical (unpaired) electrons. The maximum atomic E-state index is 10.5. The van der Waals surface area contributed by atoms with Crippen molar-refractivity contribution >= 4 is 17.7 Å². The predicted octanol–water partition coefficient (Wildman–Crippen LogP) is 2.89. The second-order valence-electron chi connectivity index (χ2n) is 4.06. The summed E-state index contributed by atoms with van der Waals surface area (Å²) in [6.45, 7) is 0. The van der Waals surface area contributed by atoms with Crippen LogP contribution in [0.1, 0.15) is 0 Å². The Hall–Kier alpha value is -1.78. The van der Waals surface area contributed by atoms with Crippen molar-refractivity contribution in [2.24, 2.45) is 0 Å². The predicted molar refractivity (Wildman–Crippen MR) is 76.2 cm³/mol. The van der Waals surface area contributed by atoms with Crippen molar-refractivity contribution in [1.82, 2.24) is 0 Å². The number of carboxylic acid groups (broad SMARTS) is 1. The van der Waals surface area contributed by atoms with Gasteiger partial charge < -0.3 is 10.2 Å². The average molecular weight is 274 g/mol. The highest BCUT2D eigenvalue weighted by atomic mass is 32.2. The summed E-state index contributed by atoms with van der Waals surface area (Å²) in [5, 5.41) is 17.8. The van der Waals surface area contributed by atoms with Gasteiger partial charge >= 0.3 is 5.97 Å². The first-order valence-electron chi connectivity index (χ1n) is 5.86. The van der Waals surface area contributed by atoms with Crippen LogP contribution in [-0.4, -0.2) is 28.0 Å². The Labute approximate surface area is 115 Å². The van der Waals surface area contributed by atoms with E-state index in [1.807, 2.05) is 54.6 Å². The Morgan fingerprint density at radius 2 is 1.58 bits per heavy atom. The molecule has 0 aromatic heterocycles. The number of thioether (sulfide) groups is 1. The first kappa shape index (κ1) is 13.6. The molecule has 1 atom stereocenters. The molecule has 0 saturated carbocycles. The van der Waals surface area contributed by atoms with E-state index >= 15 is 0 Å². The van der Waals surface area contributed by atoms with Gasteiger partial charge in [0.15, 0.2) is 6.10 Å². The van der Waals surface area contributed by atoms with Crippen LogP contribution in [0.5, 0.6) is 0 Å². The van der Waals surface area contributed by atoms with E-state index in [9.17, 15) is 9.90 Å². The summed E-state index contributed by atoms with van der Waals surface area (Å²) >= 11 is 1.33.